The Labute approximate surface area is 119 Å². The number of alkyl carbamates (subject to hydrolysis) is 1. The third kappa shape index (κ3) is 5.73. The summed E-state index contributed by atoms with van der Waals surface area (Å²) in [6.45, 7) is 5.59. The third-order valence-electron chi connectivity index (χ3n) is 2.51. The van der Waals surface area contributed by atoms with E-state index >= 15 is 0 Å². The summed E-state index contributed by atoms with van der Waals surface area (Å²) in [5, 5.41) is 2.69. The van der Waals surface area contributed by atoms with Crippen molar-refractivity contribution in [2.24, 2.45) is 0 Å². The molecule has 0 saturated heterocycles. The molecule has 0 aliphatic carbocycles. The minimum Gasteiger partial charge on any atom is -0.466 e. The molecule has 1 aromatic carbocycles. The van der Waals surface area contributed by atoms with Gasteiger partial charge in [0, 0.05) is 0 Å². The van der Waals surface area contributed by atoms with E-state index in [0.717, 1.165) is 5.56 Å². The third-order valence-corrected chi connectivity index (χ3v) is 2.51. The number of hydrogen-bond acceptors (Lipinski definition) is 4. The number of rotatable bonds is 6. The quantitative estimate of drug-likeness (QED) is 0.813. The van der Waals surface area contributed by atoms with Crippen LogP contribution in [0.3, 0.4) is 0 Å². The molecule has 5 heteroatoms. The zero-order valence-electron chi connectivity index (χ0n) is 12.1. The Morgan fingerprint density at radius 2 is 1.85 bits per heavy atom. The summed E-state index contributed by atoms with van der Waals surface area (Å²) in [5.41, 5.74) is 0.834. The van der Waals surface area contributed by atoms with Gasteiger partial charge in [0.05, 0.1) is 25.2 Å². The summed E-state index contributed by atoms with van der Waals surface area (Å²) in [5.74, 6) is -0.355. The molecule has 1 unspecified atom stereocenters. The molecule has 5 nitrogen and oxygen atoms in total. The maximum Gasteiger partial charge on any atom is 0.407 e. The standard InChI is InChI=1S/C15H21NO4/c1-4-19-14(17)10-13(12-8-6-5-7-9-12)16-15(18)20-11(2)3/h5-9,11,13H,4,10H2,1-3H3,(H,16,18). The fourth-order valence-corrected chi connectivity index (χ4v) is 1.71. The van der Waals surface area contributed by atoms with Crippen LogP contribution in [0.1, 0.15) is 38.8 Å². The molecule has 1 atom stereocenters. The fraction of sp³-hybridized carbons (Fsp3) is 0.467. The first-order chi connectivity index (χ1) is 9.52. The fourth-order valence-electron chi connectivity index (χ4n) is 1.71. The van der Waals surface area contributed by atoms with Crippen LogP contribution in [0, 0.1) is 0 Å². The summed E-state index contributed by atoms with van der Waals surface area (Å²) in [4.78, 5) is 23.3. The Balaban J connectivity index is 2.74. The van der Waals surface area contributed by atoms with Gasteiger partial charge in [-0.15, -0.1) is 0 Å². The molecule has 0 saturated carbocycles. The maximum absolute atomic E-state index is 11.7. The molecule has 0 aliphatic rings. The topological polar surface area (TPSA) is 64.6 Å². The monoisotopic (exact) mass is 279 g/mol. The molecule has 20 heavy (non-hydrogen) atoms. The largest absolute Gasteiger partial charge is 0.466 e. The summed E-state index contributed by atoms with van der Waals surface area (Å²) >= 11 is 0. The lowest BCUT2D eigenvalue weighted by Gasteiger charge is -2.19. The summed E-state index contributed by atoms with van der Waals surface area (Å²) in [6, 6.07) is 8.81. The molecule has 0 aromatic heterocycles. The van der Waals surface area contributed by atoms with Crippen molar-refractivity contribution in [2.75, 3.05) is 6.61 Å². The van der Waals surface area contributed by atoms with E-state index < -0.39 is 12.1 Å². The SMILES string of the molecule is CCOC(=O)CC(NC(=O)OC(C)C)c1ccccc1. The van der Waals surface area contributed by atoms with Crippen molar-refractivity contribution in [3.05, 3.63) is 35.9 Å². The Bertz CT molecular complexity index is 431. The van der Waals surface area contributed by atoms with Gasteiger partial charge in [-0.1, -0.05) is 30.3 Å². The van der Waals surface area contributed by atoms with E-state index in [0.29, 0.717) is 6.61 Å². The van der Waals surface area contributed by atoms with Gasteiger partial charge >= 0.3 is 12.1 Å². The minimum atomic E-state index is -0.543. The van der Waals surface area contributed by atoms with E-state index in [9.17, 15) is 9.59 Å². The molecule has 0 aliphatic heterocycles. The van der Waals surface area contributed by atoms with Crippen molar-refractivity contribution < 1.29 is 19.1 Å². The minimum absolute atomic E-state index is 0.0745. The zero-order valence-corrected chi connectivity index (χ0v) is 12.1. The van der Waals surface area contributed by atoms with E-state index in [1.807, 2.05) is 30.3 Å². The first kappa shape index (κ1) is 16.0. The smallest absolute Gasteiger partial charge is 0.407 e. The van der Waals surface area contributed by atoms with Crippen LogP contribution in [-0.4, -0.2) is 24.8 Å². The van der Waals surface area contributed by atoms with Gasteiger partial charge in [0.1, 0.15) is 0 Å². The molecule has 110 valence electrons. The van der Waals surface area contributed by atoms with E-state index in [1.54, 1.807) is 20.8 Å². The Kier molecular flexibility index (Phi) is 6.56. The molecule has 1 rings (SSSR count). The Morgan fingerprint density at radius 3 is 2.40 bits per heavy atom. The summed E-state index contributed by atoms with van der Waals surface area (Å²) in [7, 11) is 0. The number of benzene rings is 1. The van der Waals surface area contributed by atoms with Crippen LogP contribution in [0.5, 0.6) is 0 Å². The van der Waals surface area contributed by atoms with Gasteiger partial charge in [0.2, 0.25) is 0 Å². The molecular weight excluding hydrogens is 258 g/mol. The zero-order chi connectivity index (χ0) is 15.0. The van der Waals surface area contributed by atoms with Crippen molar-refractivity contribution in [1.82, 2.24) is 5.32 Å². The molecule has 0 spiro atoms. The van der Waals surface area contributed by atoms with Gasteiger partial charge in [-0.05, 0) is 26.3 Å². The average molecular weight is 279 g/mol. The molecule has 0 heterocycles. The van der Waals surface area contributed by atoms with E-state index in [4.69, 9.17) is 9.47 Å². The number of amides is 1. The summed E-state index contributed by atoms with van der Waals surface area (Å²) < 4.78 is 9.97. The lowest BCUT2D eigenvalue weighted by Crippen LogP contribution is -2.32. The van der Waals surface area contributed by atoms with Crippen molar-refractivity contribution in [2.45, 2.75) is 39.3 Å². The highest BCUT2D eigenvalue weighted by Crippen LogP contribution is 2.17. The molecule has 1 aromatic rings. The molecule has 1 amide bonds. The van der Waals surface area contributed by atoms with Crippen molar-refractivity contribution in [3.63, 3.8) is 0 Å². The van der Waals surface area contributed by atoms with Gasteiger partial charge in [0.25, 0.3) is 0 Å². The number of ether oxygens (including phenoxy) is 2. The highest BCUT2D eigenvalue weighted by Gasteiger charge is 2.20. The predicted octanol–water partition coefficient (Wildman–Crippen LogP) is 2.82. The van der Waals surface area contributed by atoms with Crippen LogP contribution >= 0.6 is 0 Å². The van der Waals surface area contributed by atoms with Crippen molar-refractivity contribution in [1.29, 1.82) is 0 Å². The molecular formula is C15H21NO4. The van der Waals surface area contributed by atoms with Gasteiger partial charge in [-0.25, -0.2) is 4.79 Å². The maximum atomic E-state index is 11.7. The summed E-state index contributed by atoms with van der Waals surface area (Å²) in [6.07, 6.45) is -0.683. The molecule has 0 fully saturated rings. The Hall–Kier alpha value is -2.04. The van der Waals surface area contributed by atoms with Gasteiger partial charge in [-0.3, -0.25) is 4.79 Å². The lowest BCUT2D eigenvalue weighted by molar-refractivity contribution is -0.143. The van der Waals surface area contributed by atoms with E-state index in [1.165, 1.54) is 0 Å². The Morgan fingerprint density at radius 1 is 1.20 bits per heavy atom. The average Bonchev–Trinajstić information content (AvgIpc) is 2.38. The molecule has 0 radical (unpaired) electrons. The van der Waals surface area contributed by atoms with Crippen molar-refractivity contribution >= 4 is 12.1 Å². The molecule has 1 N–H and O–H groups in total. The number of nitrogens with one attached hydrogen (secondary N) is 1. The van der Waals surface area contributed by atoms with Crippen LogP contribution in [0.25, 0.3) is 0 Å². The van der Waals surface area contributed by atoms with E-state index in [2.05, 4.69) is 5.32 Å². The van der Waals surface area contributed by atoms with E-state index in [-0.39, 0.29) is 18.5 Å². The van der Waals surface area contributed by atoms with Gasteiger partial charge < -0.3 is 14.8 Å². The van der Waals surface area contributed by atoms with Crippen LogP contribution in [0.2, 0.25) is 0 Å². The number of esters is 1. The first-order valence-corrected chi connectivity index (χ1v) is 6.70. The second-order valence-electron chi connectivity index (χ2n) is 4.57. The first-order valence-electron chi connectivity index (χ1n) is 6.70. The van der Waals surface area contributed by atoms with Gasteiger partial charge in [0.15, 0.2) is 0 Å². The van der Waals surface area contributed by atoms with Crippen molar-refractivity contribution in [3.8, 4) is 0 Å². The molecule has 0 bridgehead atoms. The number of carbonyl (C=O) groups excluding carboxylic acids is 2. The van der Waals surface area contributed by atoms with Crippen LogP contribution < -0.4 is 5.32 Å². The predicted molar refractivity (Wildman–Crippen MR) is 75.2 cm³/mol. The highest BCUT2D eigenvalue weighted by atomic mass is 16.6. The highest BCUT2D eigenvalue weighted by molar-refractivity contribution is 5.73. The normalized spacial score (nSPS) is 11.8. The van der Waals surface area contributed by atoms with Crippen LogP contribution in [0.4, 0.5) is 4.79 Å². The number of hydrogen-bond donors (Lipinski definition) is 1. The second-order valence-corrected chi connectivity index (χ2v) is 4.57. The van der Waals surface area contributed by atoms with Crippen LogP contribution in [0.15, 0.2) is 30.3 Å². The number of carbonyl (C=O) groups is 2. The second kappa shape index (κ2) is 8.19. The van der Waals surface area contributed by atoms with Crippen LogP contribution in [-0.2, 0) is 14.3 Å². The van der Waals surface area contributed by atoms with Gasteiger partial charge in [-0.2, -0.15) is 0 Å². The lowest BCUT2D eigenvalue weighted by atomic mass is 10.0.